The molecule has 4 N–H and O–H groups in total. The van der Waals surface area contributed by atoms with Crippen LogP contribution < -0.4 is 5.32 Å². The summed E-state index contributed by atoms with van der Waals surface area (Å²) in [6, 6.07) is 8.07. The maximum absolute atomic E-state index is 12.9. The zero-order chi connectivity index (χ0) is 25.4. The lowest BCUT2D eigenvalue weighted by molar-refractivity contribution is 0.0572. The number of imidazole rings is 1. The molecule has 0 radical (unpaired) electrons. The van der Waals surface area contributed by atoms with Crippen molar-refractivity contribution >= 4 is 29.6 Å². The molecule has 1 aromatic carbocycles. The second-order valence-corrected chi connectivity index (χ2v) is 11.3. The van der Waals surface area contributed by atoms with Crippen molar-refractivity contribution in [1.29, 1.82) is 5.26 Å². The minimum Gasteiger partial charge on any atom is -0.389 e. The van der Waals surface area contributed by atoms with E-state index in [9.17, 15) is 15.0 Å². The number of hydrogen-bond donors (Lipinski definition) is 4. The number of allylic oxidation sites excluding steroid dienone is 2. The topological polar surface area (TPSA) is 125 Å². The number of halogens is 1. The highest BCUT2D eigenvalue weighted by atomic mass is 35.5. The Kier molecular flexibility index (Phi) is 8.31. The number of β-amino-alcohol motifs (C(OH)–C–C–N with tert-alkyl or cyclic N) is 2. The first-order chi connectivity index (χ1) is 16.5. The molecular weight excluding hydrogens is 478 g/mol. The summed E-state index contributed by atoms with van der Waals surface area (Å²) < 4.78 is 0. The number of rotatable bonds is 6. The van der Waals surface area contributed by atoms with Crippen LogP contribution in [0, 0.1) is 16.7 Å². The normalized spacial score (nSPS) is 21.9. The van der Waals surface area contributed by atoms with Gasteiger partial charge in [-0.3, -0.25) is 9.69 Å². The molecule has 194 valence electrons. The molecule has 1 aliphatic heterocycles. The first-order valence-electron chi connectivity index (χ1n) is 12.2. The number of aromatic amines is 1. The molecule has 0 saturated carbocycles. The van der Waals surface area contributed by atoms with Crippen LogP contribution in [0.5, 0.6) is 0 Å². The van der Waals surface area contributed by atoms with Crippen molar-refractivity contribution in [2.45, 2.75) is 64.6 Å². The van der Waals surface area contributed by atoms with E-state index in [1.165, 1.54) is 11.8 Å². The first-order valence-corrected chi connectivity index (χ1v) is 12.2. The first kappa shape index (κ1) is 27.9. The minimum absolute atomic E-state index is 0. The molecule has 8 nitrogen and oxygen atoms in total. The van der Waals surface area contributed by atoms with Crippen molar-refractivity contribution < 1.29 is 15.0 Å². The van der Waals surface area contributed by atoms with Gasteiger partial charge in [-0.15, -0.1) is 12.4 Å². The number of amides is 1. The number of likely N-dealkylation sites (tertiary alicyclic amines) is 1. The highest BCUT2D eigenvalue weighted by molar-refractivity contribution is 6.03. The number of hydrogen-bond acceptors (Lipinski definition) is 6. The van der Waals surface area contributed by atoms with E-state index in [0.717, 1.165) is 30.4 Å². The van der Waals surface area contributed by atoms with E-state index < -0.39 is 18.1 Å². The monoisotopic (exact) mass is 513 g/mol. The lowest BCUT2D eigenvalue weighted by Crippen LogP contribution is -2.36. The number of nitriles is 1. The molecule has 1 saturated heterocycles. The highest BCUT2D eigenvalue weighted by Crippen LogP contribution is 2.41. The summed E-state index contributed by atoms with van der Waals surface area (Å²) in [5, 5.41) is 31.9. The van der Waals surface area contributed by atoms with Crippen LogP contribution in [-0.2, 0) is 5.41 Å². The Hall–Kier alpha value is -2.70. The van der Waals surface area contributed by atoms with E-state index in [2.05, 4.69) is 60.0 Å². The van der Waals surface area contributed by atoms with E-state index in [1.807, 2.05) is 18.2 Å². The smallest absolute Gasteiger partial charge is 0.291 e. The standard InChI is InChI=1S/C27H35N5O3.ClH/c1-26(2)9-7-17(8-10-26)20-11-18(27(3,4)16-32-14-22(33)23(34)15-32)5-6-21(20)31-25(35)24-29-13-19(12-28)30-24;/h5-7,11,13,22-23,33-34H,8-10,14-16H2,1-4H3,(H,29,30)(H,31,35);1H. The van der Waals surface area contributed by atoms with Gasteiger partial charge in [-0.1, -0.05) is 39.8 Å². The summed E-state index contributed by atoms with van der Waals surface area (Å²) in [6.07, 6.45) is 5.15. The average Bonchev–Trinajstić information content (AvgIpc) is 3.40. The highest BCUT2D eigenvalue weighted by Gasteiger charge is 2.34. The van der Waals surface area contributed by atoms with Crippen LogP contribution >= 0.6 is 12.4 Å². The van der Waals surface area contributed by atoms with Crippen molar-refractivity contribution in [3.63, 3.8) is 0 Å². The molecule has 0 bridgehead atoms. The molecular formula is C27H36ClN5O3. The number of anilines is 1. The van der Waals surface area contributed by atoms with Gasteiger partial charge in [0, 0.05) is 36.3 Å². The molecule has 2 aromatic rings. The number of nitrogens with zero attached hydrogens (tertiary/aromatic N) is 3. The number of aliphatic hydroxyl groups excluding tert-OH is 2. The van der Waals surface area contributed by atoms with Crippen molar-refractivity contribution in [3.8, 4) is 6.07 Å². The number of aliphatic hydroxyl groups is 2. The fourth-order valence-corrected chi connectivity index (χ4v) is 4.96. The van der Waals surface area contributed by atoms with Crippen LogP contribution in [0.3, 0.4) is 0 Å². The molecule has 1 aliphatic carbocycles. The van der Waals surface area contributed by atoms with Gasteiger partial charge in [0.1, 0.15) is 11.8 Å². The van der Waals surface area contributed by atoms with Crippen LogP contribution in [-0.4, -0.2) is 62.8 Å². The van der Waals surface area contributed by atoms with Gasteiger partial charge in [-0.25, -0.2) is 4.98 Å². The minimum atomic E-state index is -0.710. The molecule has 2 atom stereocenters. The predicted molar refractivity (Wildman–Crippen MR) is 142 cm³/mol. The molecule has 1 fully saturated rings. The van der Waals surface area contributed by atoms with Gasteiger partial charge < -0.3 is 20.5 Å². The Morgan fingerprint density at radius 3 is 2.58 bits per heavy atom. The summed E-state index contributed by atoms with van der Waals surface area (Å²) in [4.78, 5) is 21.7. The number of carbonyl (C=O) groups excluding carboxylic acids is 1. The van der Waals surface area contributed by atoms with E-state index in [0.29, 0.717) is 25.3 Å². The van der Waals surface area contributed by atoms with Gasteiger partial charge in [0.2, 0.25) is 0 Å². The summed E-state index contributed by atoms with van der Waals surface area (Å²) >= 11 is 0. The summed E-state index contributed by atoms with van der Waals surface area (Å²) in [5.41, 5.74) is 4.29. The fraction of sp³-hybridized carbons (Fsp3) is 0.519. The average molecular weight is 514 g/mol. The molecule has 36 heavy (non-hydrogen) atoms. The van der Waals surface area contributed by atoms with Crippen molar-refractivity contribution in [2.24, 2.45) is 5.41 Å². The fourth-order valence-electron chi connectivity index (χ4n) is 4.96. The largest absolute Gasteiger partial charge is 0.389 e. The summed E-state index contributed by atoms with van der Waals surface area (Å²) in [7, 11) is 0. The molecule has 9 heteroatoms. The Morgan fingerprint density at radius 2 is 2.00 bits per heavy atom. The predicted octanol–water partition coefficient (Wildman–Crippen LogP) is 3.86. The number of H-pyrrole nitrogens is 1. The van der Waals surface area contributed by atoms with Crippen molar-refractivity contribution in [2.75, 3.05) is 25.0 Å². The third-order valence-electron chi connectivity index (χ3n) is 7.23. The van der Waals surface area contributed by atoms with Crippen LogP contribution in [0.2, 0.25) is 0 Å². The SMILES string of the molecule is CC1(C)CC=C(c2cc(C(C)(C)CN3CC(O)C(O)C3)ccc2NC(=O)c2ncc(C#N)[nH]2)CC1.Cl. The van der Waals surface area contributed by atoms with Gasteiger partial charge in [0.05, 0.1) is 18.4 Å². The Labute approximate surface area is 218 Å². The number of aromatic nitrogens is 2. The summed E-state index contributed by atoms with van der Waals surface area (Å²) in [5.74, 6) is -0.293. The van der Waals surface area contributed by atoms with Gasteiger partial charge in [0.25, 0.3) is 5.91 Å². The third kappa shape index (κ3) is 6.16. The van der Waals surface area contributed by atoms with Crippen molar-refractivity contribution in [3.05, 3.63) is 53.1 Å². The Bertz CT molecular complexity index is 1170. The van der Waals surface area contributed by atoms with E-state index in [-0.39, 0.29) is 34.8 Å². The van der Waals surface area contributed by atoms with E-state index in [1.54, 1.807) is 0 Å². The lowest BCUT2D eigenvalue weighted by Gasteiger charge is -2.33. The summed E-state index contributed by atoms with van der Waals surface area (Å²) in [6.45, 7) is 10.5. The molecule has 4 rings (SSSR count). The molecule has 0 spiro atoms. The van der Waals surface area contributed by atoms with Crippen molar-refractivity contribution in [1.82, 2.24) is 14.9 Å². The lowest BCUT2D eigenvalue weighted by atomic mass is 9.75. The zero-order valence-electron chi connectivity index (χ0n) is 21.3. The van der Waals surface area contributed by atoms with Crippen LogP contribution in [0.15, 0.2) is 30.5 Å². The molecule has 2 unspecified atom stereocenters. The van der Waals surface area contributed by atoms with E-state index in [4.69, 9.17) is 5.26 Å². The molecule has 1 aromatic heterocycles. The quantitative estimate of drug-likeness (QED) is 0.464. The van der Waals surface area contributed by atoms with Gasteiger partial charge >= 0.3 is 0 Å². The number of carbonyl (C=O) groups is 1. The van der Waals surface area contributed by atoms with Gasteiger partial charge in [-0.2, -0.15) is 5.26 Å². The molecule has 2 aliphatic rings. The number of benzene rings is 1. The van der Waals surface area contributed by atoms with Gasteiger partial charge in [-0.05, 0) is 47.9 Å². The Balaban J connectivity index is 0.00000361. The number of nitrogens with one attached hydrogen (secondary N) is 2. The van der Waals surface area contributed by atoms with Gasteiger partial charge in [0.15, 0.2) is 5.82 Å². The van der Waals surface area contributed by atoms with Crippen LogP contribution in [0.25, 0.3) is 5.57 Å². The zero-order valence-corrected chi connectivity index (χ0v) is 22.2. The molecule has 2 heterocycles. The molecule has 1 amide bonds. The second kappa shape index (κ2) is 10.7. The maximum Gasteiger partial charge on any atom is 0.291 e. The van der Waals surface area contributed by atoms with Crippen LogP contribution in [0.4, 0.5) is 5.69 Å². The third-order valence-corrected chi connectivity index (χ3v) is 7.23. The van der Waals surface area contributed by atoms with E-state index >= 15 is 0 Å². The Morgan fingerprint density at radius 1 is 1.31 bits per heavy atom. The second-order valence-electron chi connectivity index (χ2n) is 11.3. The van der Waals surface area contributed by atoms with Crippen LogP contribution in [0.1, 0.15) is 74.4 Å². The maximum atomic E-state index is 12.9.